The SMILES string of the molecule is CCCCCCCCCCCCC(C)(CC)OCC(C)(C)OC(=O)[C@H](C)O. The topological polar surface area (TPSA) is 55.8 Å². The van der Waals surface area contributed by atoms with Crippen LogP contribution in [0.4, 0.5) is 0 Å². The molecule has 1 N–H and O–H groups in total. The molecule has 0 bridgehead atoms. The number of ether oxygens (including phenoxy) is 2. The Balaban J connectivity index is 3.97. The van der Waals surface area contributed by atoms with E-state index >= 15 is 0 Å². The van der Waals surface area contributed by atoms with Crippen molar-refractivity contribution in [1.29, 1.82) is 0 Å². The fourth-order valence-corrected chi connectivity index (χ4v) is 3.07. The molecule has 4 nitrogen and oxygen atoms in total. The third-order valence-electron chi connectivity index (χ3n) is 5.29. The van der Waals surface area contributed by atoms with Crippen molar-refractivity contribution in [1.82, 2.24) is 0 Å². The number of rotatable bonds is 17. The Hall–Kier alpha value is -0.610. The van der Waals surface area contributed by atoms with Crippen LogP contribution in [0.5, 0.6) is 0 Å². The molecule has 0 rings (SSSR count). The molecule has 0 aliphatic rings. The Bertz CT molecular complexity index is 379. The predicted molar refractivity (Wildman–Crippen MR) is 113 cm³/mol. The normalized spacial score (nSPS) is 15.4. The van der Waals surface area contributed by atoms with Crippen LogP contribution in [-0.4, -0.2) is 35.0 Å². The second kappa shape index (κ2) is 14.4. The first-order valence-corrected chi connectivity index (χ1v) is 11.2. The first kappa shape index (κ1) is 26.4. The number of aliphatic hydroxyl groups is 1. The van der Waals surface area contributed by atoms with E-state index in [-0.39, 0.29) is 5.60 Å². The van der Waals surface area contributed by atoms with Gasteiger partial charge in [0, 0.05) is 0 Å². The van der Waals surface area contributed by atoms with E-state index in [0.717, 1.165) is 12.8 Å². The number of carbonyl (C=O) groups excluding carboxylic acids is 1. The maximum atomic E-state index is 11.6. The number of aliphatic hydroxyl groups excluding tert-OH is 1. The molecule has 0 fully saturated rings. The Labute approximate surface area is 168 Å². The molecule has 0 aliphatic carbocycles. The molecule has 4 heteroatoms. The van der Waals surface area contributed by atoms with Gasteiger partial charge in [0.05, 0.1) is 12.2 Å². The first-order chi connectivity index (χ1) is 12.7. The molecule has 0 radical (unpaired) electrons. The molecule has 0 aromatic carbocycles. The van der Waals surface area contributed by atoms with Crippen LogP contribution in [0.1, 0.15) is 119 Å². The van der Waals surface area contributed by atoms with Crippen molar-refractivity contribution in [2.24, 2.45) is 0 Å². The van der Waals surface area contributed by atoms with Crippen molar-refractivity contribution < 1.29 is 19.4 Å². The molecule has 2 atom stereocenters. The zero-order valence-corrected chi connectivity index (χ0v) is 18.9. The minimum Gasteiger partial charge on any atom is -0.455 e. The van der Waals surface area contributed by atoms with Gasteiger partial charge in [0.2, 0.25) is 0 Å². The number of unbranched alkanes of at least 4 members (excludes halogenated alkanes) is 9. The second-order valence-corrected chi connectivity index (χ2v) is 8.88. The van der Waals surface area contributed by atoms with Gasteiger partial charge >= 0.3 is 5.97 Å². The van der Waals surface area contributed by atoms with Crippen molar-refractivity contribution in [3.63, 3.8) is 0 Å². The van der Waals surface area contributed by atoms with Crippen LogP contribution in [0.2, 0.25) is 0 Å². The maximum absolute atomic E-state index is 11.6. The van der Waals surface area contributed by atoms with Crippen LogP contribution in [-0.2, 0) is 14.3 Å². The Morgan fingerprint density at radius 3 is 1.81 bits per heavy atom. The fraction of sp³-hybridized carbons (Fsp3) is 0.957. The summed E-state index contributed by atoms with van der Waals surface area (Å²) in [6.45, 7) is 12.0. The molecule has 0 amide bonds. The van der Waals surface area contributed by atoms with Gasteiger partial charge < -0.3 is 14.6 Å². The summed E-state index contributed by atoms with van der Waals surface area (Å²) in [6, 6.07) is 0. The van der Waals surface area contributed by atoms with E-state index in [1.54, 1.807) is 0 Å². The standard InChI is InChI=1S/C23H46O4/c1-7-9-10-11-12-13-14-15-16-17-18-23(6,8-2)26-19-22(4,5)27-21(25)20(3)24/h20,24H,7-19H2,1-6H3/t20-,23?/m0/s1. The Morgan fingerprint density at radius 1 is 0.889 bits per heavy atom. The summed E-state index contributed by atoms with van der Waals surface area (Å²) in [4.78, 5) is 11.6. The van der Waals surface area contributed by atoms with Gasteiger partial charge in [-0.3, -0.25) is 0 Å². The van der Waals surface area contributed by atoms with E-state index in [9.17, 15) is 9.90 Å². The number of esters is 1. The molecular formula is C23H46O4. The highest BCUT2D eigenvalue weighted by Crippen LogP contribution is 2.26. The van der Waals surface area contributed by atoms with Gasteiger partial charge in [-0.1, -0.05) is 78.1 Å². The number of hydrogen-bond donors (Lipinski definition) is 1. The molecule has 162 valence electrons. The van der Waals surface area contributed by atoms with Gasteiger partial charge in [0.1, 0.15) is 11.7 Å². The molecule has 27 heavy (non-hydrogen) atoms. The van der Waals surface area contributed by atoms with Gasteiger partial charge in [-0.15, -0.1) is 0 Å². The molecule has 0 saturated heterocycles. The van der Waals surface area contributed by atoms with Crippen LogP contribution in [0.25, 0.3) is 0 Å². The van der Waals surface area contributed by atoms with E-state index in [2.05, 4.69) is 20.8 Å². The zero-order chi connectivity index (χ0) is 20.8. The minimum absolute atomic E-state index is 0.186. The molecule has 1 unspecified atom stereocenters. The molecule has 0 saturated carbocycles. The average Bonchev–Trinajstić information content (AvgIpc) is 2.61. The summed E-state index contributed by atoms with van der Waals surface area (Å²) in [5.74, 6) is -0.600. The van der Waals surface area contributed by atoms with E-state index in [4.69, 9.17) is 9.47 Å². The number of hydrogen-bond acceptors (Lipinski definition) is 4. The second-order valence-electron chi connectivity index (χ2n) is 8.88. The summed E-state index contributed by atoms with van der Waals surface area (Å²) < 4.78 is 11.5. The monoisotopic (exact) mass is 386 g/mol. The van der Waals surface area contributed by atoms with E-state index in [1.165, 1.54) is 71.1 Å². The quantitative estimate of drug-likeness (QED) is 0.239. The van der Waals surface area contributed by atoms with Gasteiger partial charge in [-0.25, -0.2) is 4.79 Å². The van der Waals surface area contributed by atoms with Crippen LogP contribution >= 0.6 is 0 Å². The third kappa shape index (κ3) is 14.1. The Kier molecular flexibility index (Phi) is 14.1. The first-order valence-electron chi connectivity index (χ1n) is 11.2. The van der Waals surface area contributed by atoms with Crippen molar-refractivity contribution in [2.75, 3.05) is 6.61 Å². The van der Waals surface area contributed by atoms with Crippen LogP contribution in [0.3, 0.4) is 0 Å². The van der Waals surface area contributed by atoms with Gasteiger partial charge in [-0.05, 0) is 40.5 Å². The highest BCUT2D eigenvalue weighted by Gasteiger charge is 2.30. The van der Waals surface area contributed by atoms with Crippen molar-refractivity contribution in [2.45, 2.75) is 136 Å². The molecular weight excluding hydrogens is 340 g/mol. The predicted octanol–water partition coefficient (Wildman–Crippen LogP) is 6.19. The molecule has 0 aromatic rings. The highest BCUT2D eigenvalue weighted by atomic mass is 16.6. The van der Waals surface area contributed by atoms with E-state index < -0.39 is 17.7 Å². The molecule has 0 heterocycles. The third-order valence-corrected chi connectivity index (χ3v) is 5.29. The fourth-order valence-electron chi connectivity index (χ4n) is 3.07. The highest BCUT2D eigenvalue weighted by molar-refractivity contribution is 5.74. The van der Waals surface area contributed by atoms with Gasteiger partial charge in [-0.2, -0.15) is 0 Å². The van der Waals surface area contributed by atoms with Crippen molar-refractivity contribution >= 4 is 5.97 Å². The molecule has 0 aromatic heterocycles. The van der Waals surface area contributed by atoms with Gasteiger partial charge in [0.15, 0.2) is 0 Å². The summed E-state index contributed by atoms with van der Waals surface area (Å²) in [6.07, 6.45) is 14.2. The lowest BCUT2D eigenvalue weighted by Crippen LogP contribution is -2.40. The van der Waals surface area contributed by atoms with Crippen LogP contribution in [0, 0.1) is 0 Å². The van der Waals surface area contributed by atoms with Crippen molar-refractivity contribution in [3.05, 3.63) is 0 Å². The van der Waals surface area contributed by atoms with Gasteiger partial charge in [0.25, 0.3) is 0 Å². The van der Waals surface area contributed by atoms with Crippen LogP contribution < -0.4 is 0 Å². The zero-order valence-electron chi connectivity index (χ0n) is 18.9. The summed E-state index contributed by atoms with van der Waals surface area (Å²) in [5, 5.41) is 9.30. The maximum Gasteiger partial charge on any atom is 0.335 e. The lowest BCUT2D eigenvalue weighted by atomic mass is 9.94. The largest absolute Gasteiger partial charge is 0.455 e. The van der Waals surface area contributed by atoms with Crippen LogP contribution in [0.15, 0.2) is 0 Å². The minimum atomic E-state index is -1.10. The molecule has 0 aliphatic heterocycles. The lowest BCUT2D eigenvalue weighted by molar-refractivity contribution is -0.178. The average molecular weight is 387 g/mol. The van der Waals surface area contributed by atoms with E-state index in [1.807, 2.05) is 13.8 Å². The number of carbonyl (C=O) groups is 1. The lowest BCUT2D eigenvalue weighted by Gasteiger charge is -2.34. The van der Waals surface area contributed by atoms with Crippen molar-refractivity contribution in [3.8, 4) is 0 Å². The molecule has 0 spiro atoms. The summed E-state index contributed by atoms with van der Waals surface area (Å²) >= 11 is 0. The summed E-state index contributed by atoms with van der Waals surface area (Å²) in [5.41, 5.74) is -0.920. The smallest absolute Gasteiger partial charge is 0.335 e. The summed E-state index contributed by atoms with van der Waals surface area (Å²) in [7, 11) is 0. The van der Waals surface area contributed by atoms with E-state index in [0.29, 0.717) is 6.61 Å². The Morgan fingerprint density at radius 2 is 1.37 bits per heavy atom.